The molecule has 3 N–H and O–H groups in total. The van der Waals surface area contributed by atoms with E-state index < -0.39 is 22.6 Å². The van der Waals surface area contributed by atoms with Crippen LogP contribution < -0.4 is 5.43 Å². The Hall–Kier alpha value is -2.97. The van der Waals surface area contributed by atoms with E-state index in [-0.39, 0.29) is 11.4 Å². The molecule has 1 aromatic rings. The topological polar surface area (TPSA) is 142 Å². The number of nitrogens with zero attached hydrogens (tertiary/aromatic N) is 2. The first-order valence-corrected chi connectivity index (χ1v) is 4.47. The molecule has 0 aliphatic rings. The second-order valence-electron chi connectivity index (χ2n) is 2.96. The predicted octanol–water partition coefficient (Wildman–Crippen LogP) is 0.532. The Morgan fingerprint density at radius 2 is 1.78 bits per heavy atom. The van der Waals surface area contributed by atoms with E-state index in [0.717, 1.165) is 0 Å². The van der Waals surface area contributed by atoms with E-state index in [1.54, 1.807) is 0 Å². The van der Waals surface area contributed by atoms with Gasteiger partial charge in [0.1, 0.15) is 5.69 Å². The molecule has 1 aromatic carbocycles. The van der Waals surface area contributed by atoms with Crippen molar-refractivity contribution in [1.29, 1.82) is 0 Å². The van der Waals surface area contributed by atoms with Crippen LogP contribution in [0.5, 0.6) is 0 Å². The third kappa shape index (κ3) is 3.01. The van der Waals surface area contributed by atoms with Gasteiger partial charge in [0.2, 0.25) is 0 Å². The van der Waals surface area contributed by atoms with E-state index in [0.29, 0.717) is 0 Å². The predicted molar refractivity (Wildman–Crippen MR) is 59.4 cm³/mol. The Morgan fingerprint density at radius 1 is 1.22 bits per heavy atom. The fourth-order valence-electron chi connectivity index (χ4n) is 1.03. The molecule has 18 heavy (non-hydrogen) atoms. The molecule has 0 saturated heterocycles. The van der Waals surface area contributed by atoms with Crippen LogP contribution in [0.15, 0.2) is 29.4 Å². The third-order valence-electron chi connectivity index (χ3n) is 1.79. The zero-order valence-electron chi connectivity index (χ0n) is 8.73. The quantitative estimate of drug-likeness (QED) is 0.300. The summed E-state index contributed by atoms with van der Waals surface area (Å²) >= 11 is 0. The van der Waals surface area contributed by atoms with Crippen molar-refractivity contribution >= 4 is 29.0 Å². The summed E-state index contributed by atoms with van der Waals surface area (Å²) in [5, 5.41) is 30.7. The van der Waals surface area contributed by atoms with Gasteiger partial charge in [-0.1, -0.05) is 12.1 Å². The number of aliphatic carboxylic acids is 2. The van der Waals surface area contributed by atoms with E-state index in [1.165, 1.54) is 24.3 Å². The minimum absolute atomic E-state index is 0.109. The first kappa shape index (κ1) is 13.1. The number of para-hydroxylation sites is 2. The van der Waals surface area contributed by atoms with Crippen molar-refractivity contribution in [2.45, 2.75) is 0 Å². The average Bonchev–Trinajstić information content (AvgIpc) is 2.28. The smallest absolute Gasteiger partial charge is 0.364 e. The number of anilines is 1. The highest BCUT2D eigenvalue weighted by Gasteiger charge is 2.19. The van der Waals surface area contributed by atoms with Crippen LogP contribution >= 0.6 is 0 Å². The van der Waals surface area contributed by atoms with Crippen LogP contribution in [0, 0.1) is 10.1 Å². The van der Waals surface area contributed by atoms with E-state index in [2.05, 4.69) is 5.10 Å². The molecule has 0 aliphatic heterocycles. The van der Waals surface area contributed by atoms with Gasteiger partial charge >= 0.3 is 11.9 Å². The van der Waals surface area contributed by atoms with Crippen molar-refractivity contribution in [2.75, 3.05) is 5.43 Å². The molecule has 0 fully saturated rings. The number of hydrazone groups is 1. The minimum Gasteiger partial charge on any atom is -0.476 e. The maximum atomic E-state index is 10.6. The average molecular weight is 253 g/mol. The Kier molecular flexibility index (Phi) is 3.92. The molecule has 0 bridgehead atoms. The third-order valence-corrected chi connectivity index (χ3v) is 1.79. The monoisotopic (exact) mass is 253 g/mol. The van der Waals surface area contributed by atoms with Gasteiger partial charge in [0, 0.05) is 6.07 Å². The van der Waals surface area contributed by atoms with Crippen molar-refractivity contribution in [3.63, 3.8) is 0 Å². The number of carbonyl (C=O) groups is 2. The van der Waals surface area contributed by atoms with Crippen molar-refractivity contribution in [3.8, 4) is 0 Å². The van der Waals surface area contributed by atoms with Gasteiger partial charge in [0.25, 0.3) is 11.4 Å². The second-order valence-corrected chi connectivity index (χ2v) is 2.96. The summed E-state index contributed by atoms with van der Waals surface area (Å²) < 4.78 is 0. The van der Waals surface area contributed by atoms with E-state index >= 15 is 0 Å². The molecule has 0 amide bonds. The van der Waals surface area contributed by atoms with Crippen LogP contribution in [-0.4, -0.2) is 32.8 Å². The summed E-state index contributed by atoms with van der Waals surface area (Å²) in [4.78, 5) is 30.9. The standard InChI is InChI=1S/C9H7N3O6/c13-8(14)7(9(15)16)11-10-5-3-1-2-4-6(5)12(17)18/h1-4,10H,(H,13,14)(H,15,16). The number of nitro groups is 1. The summed E-state index contributed by atoms with van der Waals surface area (Å²) in [6.07, 6.45) is 0. The lowest BCUT2D eigenvalue weighted by atomic mass is 10.3. The normalized spacial score (nSPS) is 9.33. The Balaban J connectivity index is 3.05. The summed E-state index contributed by atoms with van der Waals surface area (Å²) in [6.45, 7) is 0. The fourth-order valence-corrected chi connectivity index (χ4v) is 1.03. The lowest BCUT2D eigenvalue weighted by Crippen LogP contribution is -2.24. The zero-order valence-corrected chi connectivity index (χ0v) is 8.73. The summed E-state index contributed by atoms with van der Waals surface area (Å²) in [6, 6.07) is 5.29. The molecule has 0 atom stereocenters. The largest absolute Gasteiger partial charge is 0.476 e. The molecule has 0 spiro atoms. The fraction of sp³-hybridized carbons (Fsp3) is 0. The molecule has 9 nitrogen and oxygen atoms in total. The minimum atomic E-state index is -1.76. The van der Waals surface area contributed by atoms with Crippen molar-refractivity contribution < 1.29 is 24.7 Å². The molecule has 0 aromatic heterocycles. The first-order valence-electron chi connectivity index (χ1n) is 4.47. The van der Waals surface area contributed by atoms with Gasteiger partial charge in [-0.25, -0.2) is 9.59 Å². The molecule has 9 heteroatoms. The molecule has 0 radical (unpaired) electrons. The van der Waals surface area contributed by atoms with E-state index in [1.807, 2.05) is 5.43 Å². The van der Waals surface area contributed by atoms with E-state index in [9.17, 15) is 19.7 Å². The van der Waals surface area contributed by atoms with Gasteiger partial charge in [0.15, 0.2) is 0 Å². The number of carboxylic acid groups (broad SMARTS) is 2. The lowest BCUT2D eigenvalue weighted by molar-refractivity contribution is -0.384. The lowest BCUT2D eigenvalue weighted by Gasteiger charge is -2.01. The maximum Gasteiger partial charge on any atom is 0.364 e. The Morgan fingerprint density at radius 3 is 2.28 bits per heavy atom. The summed E-state index contributed by atoms with van der Waals surface area (Å²) in [5.74, 6) is -3.51. The summed E-state index contributed by atoms with van der Waals surface area (Å²) in [5.41, 5.74) is 0.410. The molecule has 0 unspecified atom stereocenters. The highest BCUT2D eigenvalue weighted by molar-refractivity contribution is 6.61. The van der Waals surface area contributed by atoms with E-state index in [4.69, 9.17) is 10.2 Å². The number of nitro benzene ring substituents is 1. The molecule has 0 heterocycles. The Bertz CT molecular complexity index is 523. The van der Waals surface area contributed by atoms with Crippen LogP contribution in [0.2, 0.25) is 0 Å². The maximum absolute atomic E-state index is 10.6. The molecule has 94 valence electrons. The Labute approximate surface area is 99.5 Å². The van der Waals surface area contributed by atoms with Crippen LogP contribution in [0.4, 0.5) is 11.4 Å². The van der Waals surface area contributed by atoms with Crippen molar-refractivity contribution in [2.24, 2.45) is 5.10 Å². The van der Waals surface area contributed by atoms with Gasteiger partial charge in [-0.3, -0.25) is 15.5 Å². The second kappa shape index (κ2) is 5.39. The number of benzene rings is 1. The van der Waals surface area contributed by atoms with Crippen molar-refractivity contribution in [3.05, 3.63) is 34.4 Å². The van der Waals surface area contributed by atoms with Crippen LogP contribution in [0.25, 0.3) is 0 Å². The zero-order chi connectivity index (χ0) is 13.7. The molecule has 0 aliphatic carbocycles. The number of hydrogen-bond acceptors (Lipinski definition) is 6. The SMILES string of the molecule is O=C(O)C(=NNc1ccccc1[N+](=O)[O-])C(=O)O. The van der Waals surface area contributed by atoms with Crippen LogP contribution in [0.1, 0.15) is 0 Å². The first-order chi connectivity index (χ1) is 8.43. The van der Waals surface area contributed by atoms with Crippen LogP contribution in [-0.2, 0) is 9.59 Å². The molecular weight excluding hydrogens is 246 g/mol. The molecule has 0 saturated carbocycles. The number of hydrogen-bond donors (Lipinski definition) is 3. The molecule has 1 rings (SSSR count). The van der Waals surface area contributed by atoms with Gasteiger partial charge in [0.05, 0.1) is 4.92 Å². The molecular formula is C9H7N3O6. The highest BCUT2D eigenvalue weighted by Crippen LogP contribution is 2.22. The highest BCUT2D eigenvalue weighted by atomic mass is 16.6. The van der Waals surface area contributed by atoms with Crippen molar-refractivity contribution in [1.82, 2.24) is 0 Å². The number of rotatable bonds is 5. The van der Waals surface area contributed by atoms with Gasteiger partial charge in [-0.15, -0.1) is 0 Å². The van der Waals surface area contributed by atoms with Gasteiger partial charge in [-0.05, 0) is 6.07 Å². The van der Waals surface area contributed by atoms with Crippen LogP contribution in [0.3, 0.4) is 0 Å². The summed E-state index contributed by atoms with van der Waals surface area (Å²) in [7, 11) is 0. The number of nitrogens with one attached hydrogen (secondary N) is 1. The van der Waals surface area contributed by atoms with Gasteiger partial charge < -0.3 is 10.2 Å². The van der Waals surface area contributed by atoms with Gasteiger partial charge in [-0.2, -0.15) is 5.10 Å². The number of carboxylic acids is 2.